The van der Waals surface area contributed by atoms with Crippen molar-refractivity contribution in [2.24, 2.45) is 5.73 Å². The third kappa shape index (κ3) is 4.59. The minimum Gasteiger partial charge on any atom is -0.364 e. The average molecular weight is 237 g/mol. The number of carbonyl (C=O) groups excluding carboxylic acids is 1. The van der Waals surface area contributed by atoms with Crippen LogP contribution in [0.1, 0.15) is 68.9 Å². The summed E-state index contributed by atoms with van der Waals surface area (Å²) in [6.45, 7) is 3.89. The molecule has 0 atom stereocenters. The predicted molar refractivity (Wildman–Crippen MR) is 68.8 cm³/mol. The molecule has 4 heteroatoms. The molecule has 0 aliphatic heterocycles. The Morgan fingerprint density at radius 3 is 2.00 bits per heavy atom. The van der Waals surface area contributed by atoms with Gasteiger partial charge in [0.25, 0.3) is 5.91 Å². The van der Waals surface area contributed by atoms with E-state index in [1.807, 2.05) is 13.8 Å². The van der Waals surface area contributed by atoms with E-state index in [2.05, 4.69) is 5.10 Å². The molecule has 0 saturated heterocycles. The molecule has 1 fully saturated rings. The molecule has 1 saturated carbocycles. The van der Waals surface area contributed by atoms with Gasteiger partial charge >= 0.3 is 0 Å². The van der Waals surface area contributed by atoms with Crippen molar-refractivity contribution in [2.75, 3.05) is 0 Å². The molecule has 2 rings (SSSR count). The number of nitrogens with two attached hydrogens (primary N) is 1. The zero-order chi connectivity index (χ0) is 12.7. The fourth-order valence-electron chi connectivity index (χ4n) is 1.98. The van der Waals surface area contributed by atoms with Crippen LogP contribution in [0.4, 0.5) is 0 Å². The molecule has 17 heavy (non-hydrogen) atoms. The van der Waals surface area contributed by atoms with Gasteiger partial charge in [-0.1, -0.05) is 38.5 Å². The van der Waals surface area contributed by atoms with Gasteiger partial charge in [-0.3, -0.25) is 9.48 Å². The van der Waals surface area contributed by atoms with Crippen LogP contribution in [0.5, 0.6) is 0 Å². The summed E-state index contributed by atoms with van der Waals surface area (Å²) in [6.07, 6.45) is 10.6. The lowest BCUT2D eigenvalue weighted by atomic mass is 10.0. The summed E-state index contributed by atoms with van der Waals surface area (Å²) in [5.41, 5.74) is 5.56. The van der Waals surface area contributed by atoms with Crippen LogP contribution < -0.4 is 5.73 Å². The van der Waals surface area contributed by atoms with Gasteiger partial charge in [-0.25, -0.2) is 0 Å². The number of aromatic nitrogens is 2. The molecular weight excluding hydrogens is 214 g/mol. The Kier molecular flexibility index (Phi) is 5.73. The molecule has 96 valence electrons. The predicted octanol–water partition coefficient (Wildman–Crippen LogP) is 2.90. The van der Waals surface area contributed by atoms with Crippen LogP contribution in [0.2, 0.25) is 0 Å². The van der Waals surface area contributed by atoms with E-state index >= 15 is 0 Å². The van der Waals surface area contributed by atoms with Crippen molar-refractivity contribution in [1.29, 1.82) is 0 Å². The Bertz CT molecular complexity index is 329. The summed E-state index contributed by atoms with van der Waals surface area (Å²) < 4.78 is 1.60. The Hall–Kier alpha value is -1.32. The maximum atomic E-state index is 10.7. The molecule has 0 bridgehead atoms. The molecule has 2 N–H and O–H groups in total. The van der Waals surface area contributed by atoms with Crippen molar-refractivity contribution < 1.29 is 4.79 Å². The van der Waals surface area contributed by atoms with Crippen molar-refractivity contribution in [3.63, 3.8) is 0 Å². The molecule has 1 aromatic heterocycles. The first-order valence-electron chi connectivity index (χ1n) is 6.46. The van der Waals surface area contributed by atoms with E-state index in [1.54, 1.807) is 16.9 Å². The topological polar surface area (TPSA) is 60.9 Å². The van der Waals surface area contributed by atoms with E-state index in [4.69, 9.17) is 5.73 Å². The lowest BCUT2D eigenvalue weighted by molar-refractivity contribution is 0.0988. The highest BCUT2D eigenvalue weighted by molar-refractivity contribution is 5.90. The van der Waals surface area contributed by atoms with E-state index in [9.17, 15) is 4.79 Å². The largest absolute Gasteiger partial charge is 0.364 e. The number of carbonyl (C=O) groups is 1. The Labute approximate surface area is 103 Å². The van der Waals surface area contributed by atoms with E-state index in [-0.39, 0.29) is 6.04 Å². The summed E-state index contributed by atoms with van der Waals surface area (Å²) >= 11 is 0. The van der Waals surface area contributed by atoms with Gasteiger partial charge in [-0.2, -0.15) is 5.10 Å². The van der Waals surface area contributed by atoms with E-state index < -0.39 is 5.91 Å². The summed E-state index contributed by atoms with van der Waals surface area (Å²) in [5.74, 6) is -0.434. The number of rotatable bonds is 2. The molecule has 1 aliphatic rings. The van der Waals surface area contributed by atoms with Gasteiger partial charge in [0.2, 0.25) is 0 Å². The minimum absolute atomic E-state index is 0.174. The second-order valence-electron chi connectivity index (χ2n) is 4.74. The molecular formula is C13H23N3O. The Morgan fingerprint density at radius 1 is 1.24 bits per heavy atom. The van der Waals surface area contributed by atoms with E-state index in [0.29, 0.717) is 5.69 Å². The number of primary amides is 1. The fraction of sp³-hybridized carbons (Fsp3) is 0.692. The molecule has 0 spiro atoms. The van der Waals surface area contributed by atoms with Gasteiger partial charge in [-0.05, 0) is 19.9 Å². The van der Waals surface area contributed by atoms with Crippen LogP contribution in [0.3, 0.4) is 0 Å². The zero-order valence-corrected chi connectivity index (χ0v) is 10.9. The number of hydrogen-bond donors (Lipinski definition) is 1. The van der Waals surface area contributed by atoms with Crippen LogP contribution in [0, 0.1) is 0 Å². The first kappa shape index (κ1) is 13.7. The van der Waals surface area contributed by atoms with Gasteiger partial charge in [0.1, 0.15) is 5.69 Å². The first-order chi connectivity index (χ1) is 8.13. The normalized spacial score (nSPS) is 15.2. The van der Waals surface area contributed by atoms with Gasteiger partial charge in [0, 0.05) is 12.2 Å². The van der Waals surface area contributed by atoms with E-state index in [0.717, 1.165) is 0 Å². The highest BCUT2D eigenvalue weighted by Gasteiger charge is 2.09. The molecule has 0 radical (unpaired) electrons. The number of hydrogen-bond acceptors (Lipinski definition) is 2. The standard InChI is InChI=1S/C7H11N3O.C6H12/c1-5(2)10-6(7(8)11)3-4-9-10;1-2-4-6-5-3-1/h3-5H,1-2H3,(H2,8,11);1-6H2. The monoisotopic (exact) mass is 237 g/mol. The van der Waals surface area contributed by atoms with Crippen molar-refractivity contribution in [3.05, 3.63) is 18.0 Å². The second-order valence-corrected chi connectivity index (χ2v) is 4.74. The highest BCUT2D eigenvalue weighted by Crippen LogP contribution is 2.15. The minimum atomic E-state index is -0.434. The van der Waals surface area contributed by atoms with Crippen LogP contribution >= 0.6 is 0 Å². The van der Waals surface area contributed by atoms with Crippen LogP contribution in [0.15, 0.2) is 12.3 Å². The van der Waals surface area contributed by atoms with Gasteiger partial charge < -0.3 is 5.73 Å². The maximum Gasteiger partial charge on any atom is 0.266 e. The summed E-state index contributed by atoms with van der Waals surface area (Å²) in [4.78, 5) is 10.7. The third-order valence-corrected chi connectivity index (χ3v) is 2.91. The molecule has 0 unspecified atom stereocenters. The maximum absolute atomic E-state index is 10.7. The molecule has 4 nitrogen and oxygen atoms in total. The molecule has 1 heterocycles. The fourth-order valence-corrected chi connectivity index (χ4v) is 1.98. The summed E-state index contributed by atoms with van der Waals surface area (Å²) in [7, 11) is 0. The van der Waals surface area contributed by atoms with Gasteiger partial charge in [-0.15, -0.1) is 0 Å². The smallest absolute Gasteiger partial charge is 0.266 e. The van der Waals surface area contributed by atoms with Crippen molar-refractivity contribution >= 4 is 5.91 Å². The Morgan fingerprint density at radius 2 is 1.71 bits per heavy atom. The summed E-state index contributed by atoms with van der Waals surface area (Å²) in [5, 5.41) is 3.95. The third-order valence-electron chi connectivity index (χ3n) is 2.91. The first-order valence-corrected chi connectivity index (χ1v) is 6.46. The highest BCUT2D eigenvalue weighted by atomic mass is 16.1. The van der Waals surface area contributed by atoms with Gasteiger partial charge in [0.05, 0.1) is 0 Å². The van der Waals surface area contributed by atoms with Crippen LogP contribution in [-0.4, -0.2) is 15.7 Å². The van der Waals surface area contributed by atoms with Gasteiger partial charge in [0.15, 0.2) is 0 Å². The lowest BCUT2D eigenvalue weighted by Gasteiger charge is -2.07. The van der Waals surface area contributed by atoms with Crippen LogP contribution in [-0.2, 0) is 0 Å². The average Bonchev–Trinajstić information content (AvgIpc) is 2.81. The van der Waals surface area contributed by atoms with Crippen molar-refractivity contribution in [2.45, 2.75) is 58.4 Å². The van der Waals surface area contributed by atoms with Crippen molar-refractivity contribution in [1.82, 2.24) is 9.78 Å². The lowest BCUT2D eigenvalue weighted by Crippen LogP contribution is -2.18. The number of amides is 1. The number of nitrogens with zero attached hydrogens (tertiary/aromatic N) is 2. The molecule has 1 aromatic rings. The van der Waals surface area contributed by atoms with Crippen LogP contribution in [0.25, 0.3) is 0 Å². The molecule has 0 aromatic carbocycles. The SMILES string of the molecule is C1CCCCC1.CC(C)n1nccc1C(N)=O. The second kappa shape index (κ2) is 7.09. The zero-order valence-electron chi connectivity index (χ0n) is 10.9. The Balaban J connectivity index is 0.000000202. The summed E-state index contributed by atoms with van der Waals surface area (Å²) in [6, 6.07) is 1.79. The molecule has 1 aliphatic carbocycles. The quantitative estimate of drug-likeness (QED) is 0.859. The van der Waals surface area contributed by atoms with Crippen molar-refractivity contribution in [3.8, 4) is 0 Å². The van der Waals surface area contributed by atoms with E-state index in [1.165, 1.54) is 38.5 Å². The molecule has 1 amide bonds.